The molecule has 3 aliphatic rings. The van der Waals surface area contributed by atoms with Gasteiger partial charge in [-0.1, -0.05) is 18.0 Å². The number of nitrogens with two attached hydrogens (primary N) is 2. The number of carboxylic acids is 1. The molecule has 42 heavy (non-hydrogen) atoms. The highest BCUT2D eigenvalue weighted by Crippen LogP contribution is 2.47. The summed E-state index contributed by atoms with van der Waals surface area (Å²) in [6.45, 7) is 8.39. The molecule has 0 spiro atoms. The number of carbonyl (C=O) groups is 3. The van der Waals surface area contributed by atoms with Crippen molar-refractivity contribution >= 4 is 29.4 Å². The number of rotatable bonds is 8. The predicted octanol–water partition coefficient (Wildman–Crippen LogP) is 4.02. The number of carboxylic acid groups (broad SMARTS) is 1. The van der Waals surface area contributed by atoms with Crippen molar-refractivity contribution in [3.05, 3.63) is 39.7 Å². The van der Waals surface area contributed by atoms with Crippen molar-refractivity contribution in [2.75, 3.05) is 33.3 Å². The fourth-order valence-electron chi connectivity index (χ4n) is 6.21. The maximum Gasteiger partial charge on any atom is 0.310 e. The topological polar surface area (TPSA) is 142 Å². The third-order valence-corrected chi connectivity index (χ3v) is 9.18. The molecule has 2 fully saturated rings. The van der Waals surface area contributed by atoms with Crippen LogP contribution in [-0.2, 0) is 20.8 Å². The first-order valence-electron chi connectivity index (χ1n) is 14.6. The number of hydrazine groups is 1. The fraction of sp³-hybridized carbons (Fsp3) is 0.633. The van der Waals surface area contributed by atoms with Gasteiger partial charge in [-0.2, -0.15) is 0 Å². The molecule has 10 nitrogen and oxygen atoms in total. The molecule has 1 aromatic carbocycles. The van der Waals surface area contributed by atoms with E-state index in [1.807, 2.05) is 14.0 Å². The van der Waals surface area contributed by atoms with Crippen LogP contribution < -0.4 is 16.3 Å². The van der Waals surface area contributed by atoms with Crippen molar-refractivity contribution < 1.29 is 28.6 Å². The molecule has 12 heteroatoms. The van der Waals surface area contributed by atoms with Crippen LogP contribution in [0.4, 0.5) is 4.39 Å². The first kappa shape index (κ1) is 33.5. The van der Waals surface area contributed by atoms with Crippen molar-refractivity contribution in [1.82, 2.24) is 14.8 Å². The molecule has 1 saturated heterocycles. The van der Waals surface area contributed by atoms with Crippen LogP contribution >= 0.6 is 11.6 Å². The average Bonchev–Trinajstić information content (AvgIpc) is 3.53. The van der Waals surface area contributed by atoms with E-state index in [-0.39, 0.29) is 29.9 Å². The van der Waals surface area contributed by atoms with Gasteiger partial charge in [-0.3, -0.25) is 14.4 Å². The summed E-state index contributed by atoms with van der Waals surface area (Å²) in [6, 6.07) is 3.07. The van der Waals surface area contributed by atoms with Crippen LogP contribution in [-0.4, -0.2) is 77.2 Å². The molecular weight excluding hydrogens is 565 g/mol. The van der Waals surface area contributed by atoms with E-state index in [1.165, 1.54) is 11.9 Å². The van der Waals surface area contributed by atoms with Crippen molar-refractivity contribution in [3.63, 3.8) is 0 Å². The Morgan fingerprint density at radius 3 is 2.50 bits per heavy atom. The normalized spacial score (nSPS) is 24.8. The van der Waals surface area contributed by atoms with Gasteiger partial charge in [0, 0.05) is 43.7 Å². The van der Waals surface area contributed by atoms with Gasteiger partial charge in [0.1, 0.15) is 18.5 Å². The van der Waals surface area contributed by atoms with Crippen LogP contribution in [0.3, 0.4) is 0 Å². The number of likely N-dealkylation sites (tertiary alicyclic amines) is 1. The van der Waals surface area contributed by atoms with Crippen molar-refractivity contribution in [2.24, 2.45) is 22.9 Å². The Morgan fingerprint density at radius 1 is 1.29 bits per heavy atom. The second-order valence-electron chi connectivity index (χ2n) is 11.6. The van der Waals surface area contributed by atoms with E-state index >= 15 is 0 Å². The molecule has 234 valence electrons. The maximum absolute atomic E-state index is 14.2. The van der Waals surface area contributed by atoms with Crippen LogP contribution in [0.15, 0.2) is 23.5 Å². The molecule has 4 rings (SSSR count). The van der Waals surface area contributed by atoms with E-state index < -0.39 is 23.5 Å². The lowest BCUT2D eigenvalue weighted by atomic mass is 9.78. The number of aliphatic carboxylic acids is 1. The molecule has 0 bridgehead atoms. The molecular formula is C30H45ClFN5O5. The third kappa shape index (κ3) is 6.94. The Morgan fingerprint density at radius 2 is 1.98 bits per heavy atom. The lowest BCUT2D eigenvalue weighted by molar-refractivity contribution is -0.157. The molecule has 0 radical (unpaired) electrons. The monoisotopic (exact) mass is 609 g/mol. The lowest BCUT2D eigenvalue weighted by Gasteiger charge is -2.40. The van der Waals surface area contributed by atoms with Gasteiger partial charge >= 0.3 is 5.97 Å². The zero-order valence-corrected chi connectivity index (χ0v) is 26.0. The van der Waals surface area contributed by atoms with Gasteiger partial charge in [0.05, 0.1) is 28.8 Å². The summed E-state index contributed by atoms with van der Waals surface area (Å²) >= 11 is 6.49. The number of alkyl halides is 1. The number of allylic oxidation sites excluding steroid dienone is 1. The molecule has 1 saturated carbocycles. The summed E-state index contributed by atoms with van der Waals surface area (Å²) in [5.41, 5.74) is 7.05. The van der Waals surface area contributed by atoms with E-state index in [9.17, 15) is 23.9 Å². The highest BCUT2D eigenvalue weighted by Gasteiger charge is 2.51. The van der Waals surface area contributed by atoms with Gasteiger partial charge in [-0.15, -0.1) is 0 Å². The number of hydrogen-bond donors (Lipinski definition) is 3. The molecule has 1 aliphatic carbocycles. The minimum atomic E-state index is -1.37. The van der Waals surface area contributed by atoms with E-state index in [1.54, 1.807) is 35.8 Å². The van der Waals surface area contributed by atoms with Crippen molar-refractivity contribution in [1.29, 1.82) is 0 Å². The van der Waals surface area contributed by atoms with Crippen LogP contribution in [0.2, 0.25) is 5.02 Å². The predicted molar refractivity (Wildman–Crippen MR) is 159 cm³/mol. The van der Waals surface area contributed by atoms with E-state index in [2.05, 4.69) is 0 Å². The van der Waals surface area contributed by atoms with E-state index in [0.29, 0.717) is 55.5 Å². The smallest absolute Gasteiger partial charge is 0.310 e. The van der Waals surface area contributed by atoms with Crippen molar-refractivity contribution in [3.8, 4) is 5.75 Å². The summed E-state index contributed by atoms with van der Waals surface area (Å²) in [5.74, 6) is 5.00. The van der Waals surface area contributed by atoms with Crippen LogP contribution in [0.5, 0.6) is 5.75 Å². The molecule has 2 amide bonds. The number of hydrogen-bond acceptors (Lipinski definition) is 7. The number of ether oxygens (including phenoxy) is 1. The molecule has 3 unspecified atom stereocenters. The quantitative estimate of drug-likeness (QED) is 0.296. The number of amides is 2. The third-order valence-electron chi connectivity index (χ3n) is 8.82. The summed E-state index contributed by atoms with van der Waals surface area (Å²) in [6.07, 6.45) is 2.69. The van der Waals surface area contributed by atoms with E-state index in [0.717, 1.165) is 30.5 Å². The number of halogens is 2. The highest BCUT2D eigenvalue weighted by atomic mass is 35.5. The molecule has 4 atom stereocenters. The number of carbonyl (C=O) groups excluding carboxylic acids is 2. The van der Waals surface area contributed by atoms with Gasteiger partial charge in [-0.25, -0.2) is 10.2 Å². The molecule has 5 N–H and O–H groups in total. The van der Waals surface area contributed by atoms with Crippen LogP contribution in [0.25, 0.3) is 0 Å². The number of benzene rings is 1. The maximum atomic E-state index is 14.2. The summed E-state index contributed by atoms with van der Waals surface area (Å²) in [7, 11) is 1.84. The Kier molecular flexibility index (Phi) is 11.1. The van der Waals surface area contributed by atoms with E-state index in [4.69, 9.17) is 27.9 Å². The van der Waals surface area contributed by atoms with Gasteiger partial charge in [0.15, 0.2) is 0 Å². The number of fused-ring (bicyclic) bond motifs is 1. The Hall–Kier alpha value is -3.05. The summed E-state index contributed by atoms with van der Waals surface area (Å²) in [4.78, 5) is 39.5. The highest BCUT2D eigenvalue weighted by molar-refractivity contribution is 6.31. The van der Waals surface area contributed by atoms with Gasteiger partial charge in [0.25, 0.3) is 0 Å². The largest absolute Gasteiger partial charge is 0.487 e. The minimum Gasteiger partial charge on any atom is -0.487 e. The molecule has 2 heterocycles. The lowest BCUT2D eigenvalue weighted by Crippen LogP contribution is -2.47. The summed E-state index contributed by atoms with van der Waals surface area (Å²) < 4.78 is 20.2. The zero-order valence-electron chi connectivity index (χ0n) is 25.3. The molecule has 1 aromatic rings. The molecule has 0 aromatic heterocycles. The Bertz CT molecular complexity index is 1210. The zero-order chi connectivity index (χ0) is 31.4. The standard InChI is InChI=1S/C25H36ClFN4O4.C5H9NO/c1-5-31(29)22(14(2)27)19(28)13-35-20-9-8-18(26)16-10-12-30(15(3)21(16)20)23(32)17-7-6-11-25(17,4)24(33)34;1-6-4-2-3-5(6)7/h8-9,14-15,17H,5-7,10-13,28-29H2,1-4H3,(H,33,34);2-4H2,1H3/b22-19-;/t14?,15?,17?,25-;/m0./s1. The molecule has 2 aliphatic heterocycles. The first-order chi connectivity index (χ1) is 19.7. The summed E-state index contributed by atoms with van der Waals surface area (Å²) in [5, 5.41) is 11.6. The number of nitrogens with zero attached hydrogens (tertiary/aromatic N) is 3. The fourth-order valence-corrected chi connectivity index (χ4v) is 6.47. The van der Waals surface area contributed by atoms with Gasteiger partial charge in [0.2, 0.25) is 11.8 Å². The SMILES string of the molecule is CCN(N)/C(=C(\N)COc1ccc(Cl)c2c1C(C)N(C(=O)C1CCC[C@]1(C)C(=O)O)CC2)C(C)F.CN1CCCC1=O. The second-order valence-corrected chi connectivity index (χ2v) is 12.0. The van der Waals surface area contributed by atoms with Crippen LogP contribution in [0.1, 0.15) is 77.0 Å². The van der Waals surface area contributed by atoms with Crippen molar-refractivity contribution in [2.45, 2.75) is 78.4 Å². The van der Waals surface area contributed by atoms with Gasteiger partial charge < -0.3 is 30.4 Å². The van der Waals surface area contributed by atoms with Crippen LogP contribution in [0, 0.1) is 11.3 Å². The first-order valence-corrected chi connectivity index (χ1v) is 15.0. The Balaban J connectivity index is 0.000000603. The minimum absolute atomic E-state index is 0.0915. The Labute approximate surface area is 252 Å². The second kappa shape index (κ2) is 13.9. The van der Waals surface area contributed by atoms with Gasteiger partial charge in [-0.05, 0) is 71.1 Å². The average molecular weight is 610 g/mol.